The standard InChI is InChI=1S/2C11H17.2ClH.Ti/c2*1-4-9-7-10(5-2)11(6-3)8-9;;;/h2*7-8H,4-6H2,1-3H3;2*1H;/q2*-1;;;+4/p-2. The van der Waals surface area contributed by atoms with Crippen LogP contribution in [0.1, 0.15) is 74.9 Å². The first-order chi connectivity index (χ1) is 10.6. The molecule has 0 aromatic heterocycles. The van der Waals surface area contributed by atoms with Gasteiger partial charge in [-0.3, -0.25) is 0 Å². The normalized spacial score (nSPS) is 9.20. The summed E-state index contributed by atoms with van der Waals surface area (Å²) in [4.78, 5) is 0. The van der Waals surface area contributed by atoms with Gasteiger partial charge in [-0.25, -0.2) is 12.1 Å². The van der Waals surface area contributed by atoms with Gasteiger partial charge in [0.1, 0.15) is 0 Å². The predicted molar refractivity (Wildman–Crippen MR) is 100 cm³/mol. The average molecular weight is 417 g/mol. The molecule has 0 spiro atoms. The van der Waals surface area contributed by atoms with Crippen molar-refractivity contribution in [2.24, 2.45) is 0 Å². The van der Waals surface area contributed by atoms with E-state index < -0.39 is 0 Å². The van der Waals surface area contributed by atoms with Gasteiger partial charge in [0.25, 0.3) is 0 Å². The molecule has 0 aliphatic rings. The molecule has 25 heavy (non-hydrogen) atoms. The van der Waals surface area contributed by atoms with Crippen LogP contribution in [-0.2, 0) is 60.2 Å². The van der Waals surface area contributed by atoms with Crippen LogP contribution >= 0.6 is 0 Å². The molecule has 0 aliphatic carbocycles. The second-order valence-corrected chi connectivity index (χ2v) is 5.95. The summed E-state index contributed by atoms with van der Waals surface area (Å²) in [5.41, 5.74) is 9.18. The largest absolute Gasteiger partial charge is 4.00 e. The Labute approximate surface area is 183 Å². The number of hydrogen-bond acceptors (Lipinski definition) is 0. The van der Waals surface area contributed by atoms with Crippen molar-refractivity contribution in [3.63, 3.8) is 0 Å². The summed E-state index contributed by atoms with van der Waals surface area (Å²) in [5.74, 6) is 0. The Hall–Kier alpha value is -0.00571. The molecule has 3 heteroatoms. The van der Waals surface area contributed by atoms with Crippen molar-refractivity contribution in [2.75, 3.05) is 0 Å². The first kappa shape index (κ1) is 29.7. The van der Waals surface area contributed by atoms with Crippen molar-refractivity contribution in [1.82, 2.24) is 0 Å². The van der Waals surface area contributed by atoms with Gasteiger partial charge in [-0.05, 0) is 0 Å². The molecule has 2 aromatic carbocycles. The zero-order valence-electron chi connectivity index (χ0n) is 16.8. The molecular weight excluding hydrogens is 383 g/mol. The average Bonchev–Trinajstić information content (AvgIpc) is 3.17. The molecule has 0 atom stereocenters. The van der Waals surface area contributed by atoms with Crippen LogP contribution in [0.5, 0.6) is 0 Å². The molecule has 0 nitrogen and oxygen atoms in total. The quantitative estimate of drug-likeness (QED) is 0.465. The minimum absolute atomic E-state index is 0. The fourth-order valence-corrected chi connectivity index (χ4v) is 3.07. The van der Waals surface area contributed by atoms with Crippen LogP contribution < -0.4 is 24.8 Å². The zero-order chi connectivity index (χ0) is 16.5. The van der Waals surface area contributed by atoms with Gasteiger partial charge in [-0.1, -0.05) is 80.1 Å². The molecule has 0 unspecified atom stereocenters. The molecule has 0 aliphatic heterocycles. The van der Waals surface area contributed by atoms with Crippen LogP contribution in [-0.4, -0.2) is 0 Å². The van der Waals surface area contributed by atoms with Gasteiger partial charge in [-0.15, -0.1) is 0 Å². The summed E-state index contributed by atoms with van der Waals surface area (Å²) in [5, 5.41) is 0. The smallest absolute Gasteiger partial charge is 1.00 e. The van der Waals surface area contributed by atoms with E-state index in [9.17, 15) is 0 Å². The summed E-state index contributed by atoms with van der Waals surface area (Å²) in [6, 6.07) is 9.38. The van der Waals surface area contributed by atoms with Gasteiger partial charge in [0, 0.05) is 0 Å². The fraction of sp³-hybridized carbons (Fsp3) is 0.545. The van der Waals surface area contributed by atoms with Crippen LogP contribution in [0.3, 0.4) is 0 Å². The summed E-state index contributed by atoms with van der Waals surface area (Å²) < 4.78 is 0. The van der Waals surface area contributed by atoms with E-state index in [0.717, 1.165) is 0 Å². The van der Waals surface area contributed by atoms with Crippen LogP contribution in [0.2, 0.25) is 0 Å². The Morgan fingerprint density at radius 1 is 0.600 bits per heavy atom. The van der Waals surface area contributed by atoms with E-state index in [2.05, 4.69) is 65.8 Å². The number of rotatable bonds is 6. The minimum atomic E-state index is 0. The Balaban J connectivity index is -0.000000346. The maximum Gasteiger partial charge on any atom is 4.00 e. The van der Waals surface area contributed by atoms with Gasteiger partial charge >= 0.3 is 21.7 Å². The van der Waals surface area contributed by atoms with Gasteiger partial charge in [0.05, 0.1) is 0 Å². The number of aryl methyl sites for hydroxylation is 6. The van der Waals surface area contributed by atoms with Gasteiger partial charge in [0.15, 0.2) is 0 Å². The zero-order valence-corrected chi connectivity index (χ0v) is 19.9. The maximum atomic E-state index is 2.35. The van der Waals surface area contributed by atoms with Gasteiger partial charge in [0.2, 0.25) is 0 Å². The van der Waals surface area contributed by atoms with Crippen molar-refractivity contribution < 1.29 is 46.5 Å². The summed E-state index contributed by atoms with van der Waals surface area (Å²) in [6.07, 6.45) is 7.08. The van der Waals surface area contributed by atoms with Crippen molar-refractivity contribution in [2.45, 2.75) is 80.1 Å². The van der Waals surface area contributed by atoms with E-state index in [4.69, 9.17) is 0 Å². The number of halogens is 2. The molecule has 2 rings (SSSR count). The SMILES string of the molecule is CCc1cc(CC)[c-](CC)c1.CCc1cc(CC)[c-](CC)c1.[Cl-].[Cl-].[Ti+4]. The van der Waals surface area contributed by atoms with E-state index in [1.807, 2.05) is 0 Å². The molecule has 0 saturated heterocycles. The van der Waals surface area contributed by atoms with Gasteiger partial charge < -0.3 is 24.8 Å². The molecule has 0 bridgehead atoms. The van der Waals surface area contributed by atoms with Crippen molar-refractivity contribution in [1.29, 1.82) is 0 Å². The fourth-order valence-electron chi connectivity index (χ4n) is 3.07. The molecule has 2 aromatic rings. The molecule has 0 N–H and O–H groups in total. The molecular formula is C22H34Cl2Ti. The summed E-state index contributed by atoms with van der Waals surface area (Å²) in [6.45, 7) is 13.4. The van der Waals surface area contributed by atoms with E-state index >= 15 is 0 Å². The first-order valence-corrected chi connectivity index (χ1v) is 9.17. The predicted octanol–water partition coefficient (Wildman–Crippen LogP) is 0.191. The summed E-state index contributed by atoms with van der Waals surface area (Å²) >= 11 is 0. The van der Waals surface area contributed by atoms with Crippen molar-refractivity contribution in [3.05, 3.63) is 57.6 Å². The molecule has 0 amide bonds. The Kier molecular flexibility index (Phi) is 19.3. The van der Waals surface area contributed by atoms with Crippen LogP contribution in [0.25, 0.3) is 0 Å². The topological polar surface area (TPSA) is 0 Å². The second kappa shape index (κ2) is 16.2. The maximum absolute atomic E-state index is 2.35. The van der Waals surface area contributed by atoms with Gasteiger partial charge in [-0.2, -0.15) is 45.5 Å². The Morgan fingerprint density at radius 3 is 1.08 bits per heavy atom. The molecule has 0 fully saturated rings. The van der Waals surface area contributed by atoms with Crippen molar-refractivity contribution >= 4 is 0 Å². The van der Waals surface area contributed by atoms with E-state index in [1.165, 1.54) is 49.7 Å². The van der Waals surface area contributed by atoms with Crippen molar-refractivity contribution in [3.8, 4) is 0 Å². The third-order valence-corrected chi connectivity index (χ3v) is 4.60. The first-order valence-electron chi connectivity index (χ1n) is 9.17. The van der Waals surface area contributed by atoms with Crippen LogP contribution in [0.15, 0.2) is 24.3 Å². The summed E-state index contributed by atoms with van der Waals surface area (Å²) in [7, 11) is 0. The second-order valence-electron chi connectivity index (χ2n) is 5.95. The molecule has 0 heterocycles. The van der Waals surface area contributed by atoms with Crippen LogP contribution in [0.4, 0.5) is 0 Å². The molecule has 0 saturated carbocycles. The molecule has 0 radical (unpaired) electrons. The third-order valence-electron chi connectivity index (χ3n) is 4.60. The van der Waals surface area contributed by atoms with Crippen LogP contribution in [0, 0.1) is 0 Å². The van der Waals surface area contributed by atoms with E-state index in [-0.39, 0.29) is 46.5 Å². The Morgan fingerprint density at radius 2 is 0.920 bits per heavy atom. The minimum Gasteiger partial charge on any atom is -1.00 e. The monoisotopic (exact) mass is 416 g/mol. The van der Waals surface area contributed by atoms with E-state index in [0.29, 0.717) is 0 Å². The number of hydrogen-bond donors (Lipinski definition) is 0. The third kappa shape index (κ3) is 8.96. The molecule has 140 valence electrons. The van der Waals surface area contributed by atoms with E-state index in [1.54, 1.807) is 22.3 Å². The Bertz CT molecular complexity index is 459.